The van der Waals surface area contributed by atoms with E-state index in [0.29, 0.717) is 12.3 Å². The van der Waals surface area contributed by atoms with Crippen molar-refractivity contribution in [3.63, 3.8) is 0 Å². The van der Waals surface area contributed by atoms with Crippen LogP contribution in [0.5, 0.6) is 0 Å². The number of hydrogen-bond acceptors (Lipinski definition) is 3. The number of carbonyl (C=O) groups excluding carboxylic acids is 1. The molecule has 1 rings (SSSR count). The maximum atomic E-state index is 11.9. The molecule has 0 aliphatic carbocycles. The Hall–Kier alpha value is -0.610. The van der Waals surface area contributed by atoms with Crippen molar-refractivity contribution in [3.8, 4) is 0 Å². The van der Waals surface area contributed by atoms with Crippen LogP contribution in [0, 0.1) is 5.92 Å². The number of nitrogens with zero attached hydrogens (tertiary/aromatic N) is 1. The zero-order valence-electron chi connectivity index (χ0n) is 10.7. The summed E-state index contributed by atoms with van der Waals surface area (Å²) in [6.45, 7) is 4.75. The minimum atomic E-state index is 0.210. The van der Waals surface area contributed by atoms with Gasteiger partial charge in [-0.2, -0.15) is 0 Å². The van der Waals surface area contributed by atoms with Gasteiger partial charge in [0.2, 0.25) is 5.91 Å². The van der Waals surface area contributed by atoms with Gasteiger partial charge < -0.3 is 15.0 Å². The van der Waals surface area contributed by atoms with E-state index in [1.54, 1.807) is 7.11 Å². The number of carbonyl (C=O) groups is 1. The Morgan fingerprint density at radius 1 is 1.56 bits per heavy atom. The first-order valence-corrected chi connectivity index (χ1v) is 6.14. The fourth-order valence-corrected chi connectivity index (χ4v) is 2.14. The molecule has 1 heterocycles. The zero-order chi connectivity index (χ0) is 12.0. The van der Waals surface area contributed by atoms with Crippen LogP contribution in [-0.4, -0.2) is 50.7 Å². The number of nitrogens with one attached hydrogen (secondary N) is 1. The molecular formula is C12H24N2O2. The average molecular weight is 228 g/mol. The van der Waals surface area contributed by atoms with Gasteiger partial charge in [0.05, 0.1) is 6.10 Å². The number of piperidine rings is 1. The van der Waals surface area contributed by atoms with Gasteiger partial charge >= 0.3 is 0 Å². The second kappa shape index (κ2) is 6.86. The smallest absolute Gasteiger partial charge is 0.222 e. The van der Waals surface area contributed by atoms with Crippen LogP contribution in [-0.2, 0) is 9.53 Å². The summed E-state index contributed by atoms with van der Waals surface area (Å²) >= 11 is 0. The molecule has 2 unspecified atom stereocenters. The summed E-state index contributed by atoms with van der Waals surface area (Å²) < 4.78 is 5.40. The van der Waals surface area contributed by atoms with E-state index >= 15 is 0 Å². The SMILES string of the molecule is CNCCCC(=O)N1CCC(C)C(OC)C1. The van der Waals surface area contributed by atoms with E-state index in [2.05, 4.69) is 12.2 Å². The average Bonchev–Trinajstić information content (AvgIpc) is 2.30. The quantitative estimate of drug-likeness (QED) is 0.710. The van der Waals surface area contributed by atoms with Crippen molar-refractivity contribution in [3.05, 3.63) is 0 Å². The molecule has 0 bridgehead atoms. The number of methoxy groups -OCH3 is 1. The van der Waals surface area contributed by atoms with Crippen LogP contribution >= 0.6 is 0 Å². The van der Waals surface area contributed by atoms with Gasteiger partial charge in [0.25, 0.3) is 0 Å². The molecule has 1 N–H and O–H groups in total. The van der Waals surface area contributed by atoms with Gasteiger partial charge in [-0.25, -0.2) is 0 Å². The van der Waals surface area contributed by atoms with E-state index in [4.69, 9.17) is 4.74 Å². The third-order valence-corrected chi connectivity index (χ3v) is 3.36. The Bertz CT molecular complexity index is 221. The largest absolute Gasteiger partial charge is 0.379 e. The second-order valence-electron chi connectivity index (χ2n) is 4.59. The molecule has 0 saturated carbocycles. The van der Waals surface area contributed by atoms with Crippen molar-refractivity contribution in [1.29, 1.82) is 0 Å². The van der Waals surface area contributed by atoms with Crippen molar-refractivity contribution in [2.24, 2.45) is 5.92 Å². The van der Waals surface area contributed by atoms with Crippen molar-refractivity contribution in [2.75, 3.05) is 33.8 Å². The topological polar surface area (TPSA) is 41.6 Å². The standard InChI is InChI=1S/C12H24N2O2/c1-10-6-8-14(9-11(10)16-3)12(15)5-4-7-13-2/h10-11,13H,4-9H2,1-3H3. The summed E-state index contributed by atoms with van der Waals surface area (Å²) in [6, 6.07) is 0. The normalized spacial score (nSPS) is 25.8. The van der Waals surface area contributed by atoms with E-state index in [1.165, 1.54) is 0 Å². The lowest BCUT2D eigenvalue weighted by Crippen LogP contribution is -2.46. The second-order valence-corrected chi connectivity index (χ2v) is 4.59. The highest BCUT2D eigenvalue weighted by atomic mass is 16.5. The molecule has 4 heteroatoms. The van der Waals surface area contributed by atoms with Gasteiger partial charge in [-0.3, -0.25) is 4.79 Å². The minimum Gasteiger partial charge on any atom is -0.379 e. The first kappa shape index (κ1) is 13.5. The molecule has 16 heavy (non-hydrogen) atoms. The van der Waals surface area contributed by atoms with Crippen LogP contribution in [0.1, 0.15) is 26.2 Å². The predicted molar refractivity (Wildman–Crippen MR) is 64.3 cm³/mol. The lowest BCUT2D eigenvalue weighted by molar-refractivity contribution is -0.136. The fourth-order valence-electron chi connectivity index (χ4n) is 2.14. The number of likely N-dealkylation sites (tertiary alicyclic amines) is 1. The molecule has 2 atom stereocenters. The van der Waals surface area contributed by atoms with E-state index in [1.807, 2.05) is 11.9 Å². The Morgan fingerprint density at radius 2 is 2.31 bits per heavy atom. The Morgan fingerprint density at radius 3 is 2.94 bits per heavy atom. The number of rotatable bonds is 5. The highest BCUT2D eigenvalue weighted by Gasteiger charge is 2.28. The monoisotopic (exact) mass is 228 g/mol. The molecular weight excluding hydrogens is 204 g/mol. The van der Waals surface area contributed by atoms with Crippen LogP contribution < -0.4 is 5.32 Å². The van der Waals surface area contributed by atoms with Gasteiger partial charge in [-0.1, -0.05) is 6.92 Å². The molecule has 0 spiro atoms. The zero-order valence-corrected chi connectivity index (χ0v) is 10.7. The number of hydrogen-bond donors (Lipinski definition) is 1. The van der Waals surface area contributed by atoms with E-state index < -0.39 is 0 Å². The van der Waals surface area contributed by atoms with Gasteiger partial charge in [0.15, 0.2) is 0 Å². The Kier molecular flexibility index (Phi) is 5.77. The highest BCUT2D eigenvalue weighted by Crippen LogP contribution is 2.20. The molecule has 94 valence electrons. The van der Waals surface area contributed by atoms with Crippen LogP contribution in [0.2, 0.25) is 0 Å². The fraction of sp³-hybridized carbons (Fsp3) is 0.917. The first-order chi connectivity index (χ1) is 7.69. The van der Waals surface area contributed by atoms with Crippen LogP contribution in [0.25, 0.3) is 0 Å². The number of amides is 1. The van der Waals surface area contributed by atoms with Crippen molar-refractivity contribution >= 4 is 5.91 Å². The van der Waals surface area contributed by atoms with Crippen LogP contribution in [0.15, 0.2) is 0 Å². The first-order valence-electron chi connectivity index (χ1n) is 6.14. The lowest BCUT2D eigenvalue weighted by atomic mass is 9.95. The van der Waals surface area contributed by atoms with Crippen LogP contribution in [0.4, 0.5) is 0 Å². The summed E-state index contributed by atoms with van der Waals surface area (Å²) in [6.07, 6.45) is 2.82. The van der Waals surface area contributed by atoms with Crippen molar-refractivity contribution in [2.45, 2.75) is 32.3 Å². The molecule has 1 aliphatic heterocycles. The molecule has 1 saturated heterocycles. The molecule has 0 aromatic rings. The summed E-state index contributed by atoms with van der Waals surface area (Å²) in [5.41, 5.74) is 0. The minimum absolute atomic E-state index is 0.210. The van der Waals surface area contributed by atoms with Crippen molar-refractivity contribution < 1.29 is 9.53 Å². The third-order valence-electron chi connectivity index (χ3n) is 3.36. The van der Waals surface area contributed by atoms with Gasteiger partial charge in [-0.05, 0) is 32.4 Å². The molecule has 1 fully saturated rings. The molecule has 0 radical (unpaired) electrons. The molecule has 0 aromatic carbocycles. The maximum absolute atomic E-state index is 11.9. The van der Waals surface area contributed by atoms with Gasteiger partial charge in [0.1, 0.15) is 0 Å². The maximum Gasteiger partial charge on any atom is 0.222 e. The van der Waals surface area contributed by atoms with Crippen molar-refractivity contribution in [1.82, 2.24) is 10.2 Å². The summed E-state index contributed by atoms with van der Waals surface area (Å²) in [5, 5.41) is 3.06. The summed E-state index contributed by atoms with van der Waals surface area (Å²) in [5.74, 6) is 0.829. The molecule has 4 nitrogen and oxygen atoms in total. The lowest BCUT2D eigenvalue weighted by Gasteiger charge is -2.36. The number of ether oxygens (including phenoxy) is 1. The van der Waals surface area contributed by atoms with E-state index in [9.17, 15) is 4.79 Å². The van der Waals surface area contributed by atoms with E-state index in [-0.39, 0.29) is 12.0 Å². The Labute approximate surface area is 98.3 Å². The molecule has 0 aromatic heterocycles. The third kappa shape index (κ3) is 3.76. The summed E-state index contributed by atoms with van der Waals surface area (Å²) in [7, 11) is 3.64. The predicted octanol–water partition coefficient (Wildman–Crippen LogP) is 0.869. The van der Waals surface area contributed by atoms with Gasteiger partial charge in [0, 0.05) is 26.6 Å². The molecule has 1 aliphatic rings. The highest BCUT2D eigenvalue weighted by molar-refractivity contribution is 5.76. The van der Waals surface area contributed by atoms with Gasteiger partial charge in [-0.15, -0.1) is 0 Å². The Balaban J connectivity index is 2.33. The summed E-state index contributed by atoms with van der Waals surface area (Å²) in [4.78, 5) is 13.8. The molecule has 1 amide bonds. The van der Waals surface area contributed by atoms with E-state index in [0.717, 1.165) is 32.5 Å². The van der Waals surface area contributed by atoms with Crippen LogP contribution in [0.3, 0.4) is 0 Å².